The maximum atomic E-state index is 9.40. The van der Waals surface area contributed by atoms with Crippen molar-refractivity contribution in [2.45, 2.75) is 6.61 Å². The summed E-state index contributed by atoms with van der Waals surface area (Å²) in [6.45, 7) is -0.104. The number of ether oxygens (including phenoxy) is 2. The van der Waals surface area contributed by atoms with Crippen LogP contribution in [0.2, 0.25) is 0 Å². The van der Waals surface area contributed by atoms with Crippen LogP contribution in [0.3, 0.4) is 0 Å². The van der Waals surface area contributed by atoms with Gasteiger partial charge in [0.05, 0.1) is 20.8 Å². The molecule has 0 atom stereocenters. The van der Waals surface area contributed by atoms with Crippen LogP contribution in [0.1, 0.15) is 5.56 Å². The van der Waals surface area contributed by atoms with Crippen molar-refractivity contribution < 1.29 is 14.6 Å². The zero-order valence-electron chi connectivity index (χ0n) is 11.0. The standard InChI is InChI=1S/C15H17NO3/c1-18-14-8-15(19-2)12(7-10(14)9-17)11-5-3-4-6-13(11)16/h3-8,17H,9,16H2,1-2H3. The molecule has 2 aromatic rings. The summed E-state index contributed by atoms with van der Waals surface area (Å²) in [7, 11) is 3.15. The van der Waals surface area contributed by atoms with Crippen molar-refractivity contribution in [3.63, 3.8) is 0 Å². The Bertz CT molecular complexity index is 582. The molecule has 4 heteroatoms. The van der Waals surface area contributed by atoms with Crippen molar-refractivity contribution in [2.24, 2.45) is 0 Å². The van der Waals surface area contributed by atoms with E-state index < -0.39 is 0 Å². The van der Waals surface area contributed by atoms with Gasteiger partial charge in [0.25, 0.3) is 0 Å². The van der Waals surface area contributed by atoms with Gasteiger partial charge in [-0.05, 0) is 12.1 Å². The number of methoxy groups -OCH3 is 2. The number of nitrogens with two attached hydrogens (primary N) is 1. The van der Waals surface area contributed by atoms with Crippen molar-refractivity contribution in [1.29, 1.82) is 0 Å². The topological polar surface area (TPSA) is 64.7 Å². The summed E-state index contributed by atoms with van der Waals surface area (Å²) in [4.78, 5) is 0. The third-order valence-electron chi connectivity index (χ3n) is 3.02. The minimum atomic E-state index is -0.104. The highest BCUT2D eigenvalue weighted by Gasteiger charge is 2.13. The lowest BCUT2D eigenvalue weighted by molar-refractivity contribution is 0.273. The molecular weight excluding hydrogens is 242 g/mol. The average Bonchev–Trinajstić information content (AvgIpc) is 2.46. The second-order valence-electron chi connectivity index (χ2n) is 4.11. The molecule has 0 saturated heterocycles. The second-order valence-corrected chi connectivity index (χ2v) is 4.11. The van der Waals surface area contributed by atoms with Crippen LogP contribution in [0.25, 0.3) is 11.1 Å². The van der Waals surface area contributed by atoms with Gasteiger partial charge in [0.2, 0.25) is 0 Å². The van der Waals surface area contributed by atoms with Gasteiger partial charge < -0.3 is 20.3 Å². The summed E-state index contributed by atoms with van der Waals surface area (Å²) in [5.74, 6) is 1.25. The summed E-state index contributed by atoms with van der Waals surface area (Å²) in [5.41, 5.74) is 9.06. The van der Waals surface area contributed by atoms with Gasteiger partial charge in [-0.15, -0.1) is 0 Å². The fraction of sp³-hybridized carbons (Fsp3) is 0.200. The fourth-order valence-electron chi connectivity index (χ4n) is 2.04. The third kappa shape index (κ3) is 2.48. The van der Waals surface area contributed by atoms with Crippen LogP contribution in [0.15, 0.2) is 36.4 Å². The van der Waals surface area contributed by atoms with E-state index in [0.29, 0.717) is 22.7 Å². The van der Waals surface area contributed by atoms with Crippen molar-refractivity contribution in [3.8, 4) is 22.6 Å². The molecule has 0 heterocycles. The van der Waals surface area contributed by atoms with Crippen LogP contribution < -0.4 is 15.2 Å². The maximum Gasteiger partial charge on any atom is 0.130 e. The second kappa shape index (κ2) is 5.63. The smallest absolute Gasteiger partial charge is 0.130 e. The van der Waals surface area contributed by atoms with Crippen LogP contribution in [-0.2, 0) is 6.61 Å². The summed E-state index contributed by atoms with van der Waals surface area (Å²) < 4.78 is 10.6. The summed E-state index contributed by atoms with van der Waals surface area (Å²) in [6, 6.07) is 11.1. The van der Waals surface area contributed by atoms with E-state index in [1.165, 1.54) is 0 Å². The minimum absolute atomic E-state index is 0.104. The monoisotopic (exact) mass is 259 g/mol. The first-order valence-corrected chi connectivity index (χ1v) is 5.92. The molecule has 0 aliphatic heterocycles. The fourth-order valence-corrected chi connectivity index (χ4v) is 2.04. The molecule has 2 aromatic carbocycles. The molecule has 3 N–H and O–H groups in total. The van der Waals surface area contributed by atoms with Gasteiger partial charge in [0, 0.05) is 28.4 Å². The van der Waals surface area contributed by atoms with Gasteiger partial charge in [0.15, 0.2) is 0 Å². The molecule has 0 radical (unpaired) electrons. The quantitative estimate of drug-likeness (QED) is 0.828. The van der Waals surface area contributed by atoms with Gasteiger partial charge in [-0.1, -0.05) is 18.2 Å². The molecule has 0 aliphatic rings. The van der Waals surface area contributed by atoms with Crippen LogP contribution in [-0.4, -0.2) is 19.3 Å². The van der Waals surface area contributed by atoms with E-state index in [1.54, 1.807) is 20.3 Å². The number of para-hydroxylation sites is 1. The van der Waals surface area contributed by atoms with Crippen LogP contribution in [0.5, 0.6) is 11.5 Å². The molecule has 100 valence electrons. The normalized spacial score (nSPS) is 10.3. The van der Waals surface area contributed by atoms with Gasteiger partial charge in [-0.25, -0.2) is 0 Å². The van der Waals surface area contributed by atoms with E-state index in [0.717, 1.165) is 11.1 Å². The Morgan fingerprint density at radius 3 is 2.26 bits per heavy atom. The van der Waals surface area contributed by atoms with E-state index in [9.17, 15) is 5.11 Å². The molecule has 0 bridgehead atoms. The van der Waals surface area contributed by atoms with Gasteiger partial charge >= 0.3 is 0 Å². The number of hydrogen-bond donors (Lipinski definition) is 2. The molecule has 4 nitrogen and oxygen atoms in total. The molecule has 0 aliphatic carbocycles. The Balaban J connectivity index is 2.65. The van der Waals surface area contributed by atoms with Gasteiger partial charge in [-0.2, -0.15) is 0 Å². The molecule has 0 amide bonds. The molecule has 0 unspecified atom stereocenters. The first kappa shape index (κ1) is 13.2. The lowest BCUT2D eigenvalue weighted by Gasteiger charge is -2.15. The number of aliphatic hydroxyl groups is 1. The van der Waals surface area contributed by atoms with E-state index >= 15 is 0 Å². The number of hydrogen-bond acceptors (Lipinski definition) is 4. The highest BCUT2D eigenvalue weighted by molar-refractivity contribution is 5.81. The number of nitrogen functional groups attached to an aromatic ring is 1. The molecule has 0 aromatic heterocycles. The van der Waals surface area contributed by atoms with Crippen LogP contribution in [0, 0.1) is 0 Å². The predicted octanol–water partition coefficient (Wildman–Crippen LogP) is 2.45. The van der Waals surface area contributed by atoms with Crippen LogP contribution in [0.4, 0.5) is 5.69 Å². The summed E-state index contributed by atoms with van der Waals surface area (Å²) in [6.07, 6.45) is 0. The number of rotatable bonds is 4. The van der Waals surface area contributed by atoms with Gasteiger partial charge in [-0.3, -0.25) is 0 Å². The van der Waals surface area contributed by atoms with E-state index in [4.69, 9.17) is 15.2 Å². The first-order chi connectivity index (χ1) is 9.21. The van der Waals surface area contributed by atoms with E-state index in [1.807, 2.05) is 30.3 Å². The molecule has 2 rings (SSSR count). The molecule has 0 fully saturated rings. The lowest BCUT2D eigenvalue weighted by atomic mass is 10.00. The molecule has 19 heavy (non-hydrogen) atoms. The van der Waals surface area contributed by atoms with E-state index in [2.05, 4.69) is 0 Å². The number of aliphatic hydroxyl groups excluding tert-OH is 1. The Hall–Kier alpha value is -2.20. The highest BCUT2D eigenvalue weighted by Crippen LogP contribution is 2.38. The van der Waals surface area contributed by atoms with E-state index in [-0.39, 0.29) is 6.61 Å². The third-order valence-corrected chi connectivity index (χ3v) is 3.02. The summed E-state index contributed by atoms with van der Waals surface area (Å²) in [5, 5.41) is 9.40. The molecular formula is C15H17NO3. The van der Waals surface area contributed by atoms with Crippen molar-refractivity contribution >= 4 is 5.69 Å². The number of benzene rings is 2. The largest absolute Gasteiger partial charge is 0.496 e. The Labute approximate surface area is 112 Å². The maximum absolute atomic E-state index is 9.40. The molecule has 0 saturated carbocycles. The zero-order chi connectivity index (χ0) is 13.8. The Morgan fingerprint density at radius 2 is 1.68 bits per heavy atom. The van der Waals surface area contributed by atoms with Crippen molar-refractivity contribution in [2.75, 3.05) is 20.0 Å². The average molecular weight is 259 g/mol. The van der Waals surface area contributed by atoms with Gasteiger partial charge in [0.1, 0.15) is 11.5 Å². The summed E-state index contributed by atoms with van der Waals surface area (Å²) >= 11 is 0. The molecule has 0 spiro atoms. The van der Waals surface area contributed by atoms with Crippen molar-refractivity contribution in [3.05, 3.63) is 42.0 Å². The highest BCUT2D eigenvalue weighted by atomic mass is 16.5. The van der Waals surface area contributed by atoms with Crippen molar-refractivity contribution in [1.82, 2.24) is 0 Å². The lowest BCUT2D eigenvalue weighted by Crippen LogP contribution is -1.98. The predicted molar refractivity (Wildman–Crippen MR) is 75.3 cm³/mol. The Morgan fingerprint density at radius 1 is 1.00 bits per heavy atom. The number of anilines is 1. The Kier molecular flexibility index (Phi) is 3.92. The SMILES string of the molecule is COc1cc(OC)c(-c2ccccc2N)cc1CO. The van der Waals surface area contributed by atoms with Crippen LogP contribution >= 0.6 is 0 Å². The minimum Gasteiger partial charge on any atom is -0.496 e. The zero-order valence-corrected chi connectivity index (χ0v) is 11.0. The first-order valence-electron chi connectivity index (χ1n) is 5.92.